The minimum absolute atomic E-state index is 0.229. The summed E-state index contributed by atoms with van der Waals surface area (Å²) < 4.78 is 14.9. The molecule has 0 aliphatic carbocycles. The Labute approximate surface area is 106 Å². The summed E-state index contributed by atoms with van der Waals surface area (Å²) in [5, 5.41) is 0. The topological polar surface area (TPSA) is 68.8 Å². The number of hydrazine groups is 1. The predicted molar refractivity (Wildman–Crippen MR) is 65.6 cm³/mol. The van der Waals surface area contributed by atoms with Gasteiger partial charge in [-0.05, 0) is 5.56 Å². The fourth-order valence-electron chi connectivity index (χ4n) is 1.23. The van der Waals surface area contributed by atoms with Gasteiger partial charge in [0.15, 0.2) is 6.29 Å². The average Bonchev–Trinajstić information content (AvgIpc) is 2.42. The maximum absolute atomic E-state index is 11.3. The molecular formula is C12H18N2O4. The molecule has 1 amide bonds. The molecule has 100 valence electrons. The van der Waals surface area contributed by atoms with Crippen molar-refractivity contribution in [1.82, 2.24) is 10.9 Å². The second-order valence-electron chi connectivity index (χ2n) is 3.47. The van der Waals surface area contributed by atoms with Crippen LogP contribution in [0.4, 0.5) is 4.79 Å². The van der Waals surface area contributed by atoms with Crippen molar-refractivity contribution >= 4 is 6.09 Å². The Morgan fingerprint density at radius 2 is 1.89 bits per heavy atom. The summed E-state index contributed by atoms with van der Waals surface area (Å²) >= 11 is 0. The molecule has 0 radical (unpaired) electrons. The lowest BCUT2D eigenvalue weighted by molar-refractivity contribution is -0.0999. The predicted octanol–water partition coefficient (Wildman–Crippen LogP) is 1.04. The van der Waals surface area contributed by atoms with Crippen molar-refractivity contribution < 1.29 is 19.0 Å². The van der Waals surface area contributed by atoms with E-state index >= 15 is 0 Å². The summed E-state index contributed by atoms with van der Waals surface area (Å²) in [7, 11) is 3.03. The Bertz CT molecular complexity index is 341. The zero-order valence-electron chi connectivity index (χ0n) is 10.5. The van der Waals surface area contributed by atoms with Gasteiger partial charge in [-0.1, -0.05) is 30.3 Å². The zero-order valence-corrected chi connectivity index (χ0v) is 10.5. The molecule has 0 aliphatic rings. The number of methoxy groups -OCH3 is 2. The number of hydrogen-bond donors (Lipinski definition) is 2. The molecule has 18 heavy (non-hydrogen) atoms. The van der Waals surface area contributed by atoms with Crippen LogP contribution in [-0.4, -0.2) is 33.1 Å². The number of carbonyl (C=O) groups excluding carboxylic acids is 1. The van der Waals surface area contributed by atoms with E-state index in [1.165, 1.54) is 14.2 Å². The number of rotatable bonds is 7. The van der Waals surface area contributed by atoms with E-state index in [2.05, 4.69) is 10.9 Å². The molecule has 0 fully saturated rings. The fraction of sp³-hybridized carbons (Fsp3) is 0.417. The Morgan fingerprint density at radius 1 is 1.22 bits per heavy atom. The highest BCUT2D eigenvalue weighted by atomic mass is 16.7. The van der Waals surface area contributed by atoms with E-state index in [9.17, 15) is 4.79 Å². The molecule has 1 aromatic rings. The first-order valence-electron chi connectivity index (χ1n) is 5.51. The first kappa shape index (κ1) is 14.4. The molecule has 0 unspecified atom stereocenters. The van der Waals surface area contributed by atoms with Gasteiger partial charge in [0.1, 0.15) is 6.61 Å². The normalized spacial score (nSPS) is 10.4. The number of nitrogens with one attached hydrogen (secondary N) is 2. The van der Waals surface area contributed by atoms with Crippen molar-refractivity contribution in [2.24, 2.45) is 0 Å². The molecule has 0 heterocycles. The average molecular weight is 254 g/mol. The maximum atomic E-state index is 11.3. The lowest BCUT2D eigenvalue weighted by atomic mass is 10.2. The van der Waals surface area contributed by atoms with Crippen molar-refractivity contribution in [3.05, 3.63) is 35.9 Å². The van der Waals surface area contributed by atoms with E-state index in [0.717, 1.165) is 5.56 Å². The first-order chi connectivity index (χ1) is 8.76. The Hall–Kier alpha value is -1.63. The lowest BCUT2D eigenvalue weighted by Gasteiger charge is -2.14. The van der Waals surface area contributed by atoms with Crippen LogP contribution in [0.1, 0.15) is 5.56 Å². The third-order valence-electron chi connectivity index (χ3n) is 2.20. The summed E-state index contributed by atoms with van der Waals surface area (Å²) in [4.78, 5) is 11.3. The van der Waals surface area contributed by atoms with Gasteiger partial charge in [-0.15, -0.1) is 0 Å². The molecule has 0 bridgehead atoms. The van der Waals surface area contributed by atoms with Crippen LogP contribution < -0.4 is 10.9 Å². The number of hydrogen-bond acceptors (Lipinski definition) is 5. The quantitative estimate of drug-likeness (QED) is 0.562. The van der Waals surface area contributed by atoms with Gasteiger partial charge in [0.25, 0.3) is 0 Å². The number of benzene rings is 1. The Morgan fingerprint density at radius 3 is 2.50 bits per heavy atom. The van der Waals surface area contributed by atoms with Gasteiger partial charge in [0, 0.05) is 14.2 Å². The Kier molecular flexibility index (Phi) is 6.78. The van der Waals surface area contributed by atoms with Crippen LogP contribution >= 0.6 is 0 Å². The summed E-state index contributed by atoms with van der Waals surface area (Å²) in [6, 6.07) is 9.44. The van der Waals surface area contributed by atoms with Crippen LogP contribution in [0.25, 0.3) is 0 Å². The van der Waals surface area contributed by atoms with E-state index in [1.807, 2.05) is 30.3 Å². The van der Waals surface area contributed by atoms with Crippen LogP contribution in [0.15, 0.2) is 30.3 Å². The second kappa shape index (κ2) is 8.46. The standard InChI is InChI=1S/C12H18N2O4/c1-16-11(17-2)8-13-14-12(15)18-9-10-6-4-3-5-7-10/h3-7,11,13H,8-9H2,1-2H3,(H,14,15). The van der Waals surface area contributed by atoms with Crippen LogP contribution in [0.2, 0.25) is 0 Å². The molecule has 0 aromatic heterocycles. The van der Waals surface area contributed by atoms with Crippen LogP contribution in [0.3, 0.4) is 0 Å². The minimum atomic E-state index is -0.551. The van der Waals surface area contributed by atoms with E-state index < -0.39 is 12.4 Å². The molecule has 1 aromatic carbocycles. The minimum Gasteiger partial charge on any atom is -0.444 e. The molecule has 6 heteroatoms. The smallest absolute Gasteiger partial charge is 0.421 e. The van der Waals surface area contributed by atoms with Crippen LogP contribution in [0.5, 0.6) is 0 Å². The second-order valence-corrected chi connectivity index (χ2v) is 3.47. The molecule has 0 aliphatic heterocycles. The molecule has 2 N–H and O–H groups in total. The zero-order chi connectivity index (χ0) is 13.2. The molecule has 1 rings (SSSR count). The monoisotopic (exact) mass is 254 g/mol. The third kappa shape index (κ3) is 5.62. The van der Waals surface area contributed by atoms with Gasteiger partial charge in [-0.25, -0.2) is 10.2 Å². The first-order valence-corrected chi connectivity index (χ1v) is 5.51. The number of amides is 1. The highest BCUT2D eigenvalue weighted by Crippen LogP contribution is 2.00. The highest BCUT2D eigenvalue weighted by Gasteiger charge is 2.06. The summed E-state index contributed by atoms with van der Waals surface area (Å²) in [5.41, 5.74) is 5.96. The van der Waals surface area contributed by atoms with Crippen molar-refractivity contribution in [3.63, 3.8) is 0 Å². The van der Waals surface area contributed by atoms with Crippen molar-refractivity contribution in [2.45, 2.75) is 12.9 Å². The Balaban J connectivity index is 2.14. The molecule has 0 spiro atoms. The SMILES string of the molecule is COC(CNNC(=O)OCc1ccccc1)OC. The molecule has 0 saturated heterocycles. The third-order valence-corrected chi connectivity index (χ3v) is 2.20. The van der Waals surface area contributed by atoms with Gasteiger partial charge in [-0.2, -0.15) is 0 Å². The van der Waals surface area contributed by atoms with E-state index in [4.69, 9.17) is 14.2 Å². The molecule has 0 atom stereocenters. The van der Waals surface area contributed by atoms with Gasteiger partial charge in [-0.3, -0.25) is 5.43 Å². The van der Waals surface area contributed by atoms with Gasteiger partial charge in [0.2, 0.25) is 0 Å². The van der Waals surface area contributed by atoms with Crippen LogP contribution in [0, 0.1) is 0 Å². The van der Waals surface area contributed by atoms with Gasteiger partial charge < -0.3 is 14.2 Å². The van der Waals surface area contributed by atoms with E-state index in [0.29, 0.717) is 6.54 Å². The van der Waals surface area contributed by atoms with E-state index in [-0.39, 0.29) is 6.61 Å². The maximum Gasteiger partial charge on any atom is 0.421 e. The van der Waals surface area contributed by atoms with Gasteiger partial charge in [0.05, 0.1) is 6.54 Å². The van der Waals surface area contributed by atoms with Crippen molar-refractivity contribution in [1.29, 1.82) is 0 Å². The lowest BCUT2D eigenvalue weighted by Crippen LogP contribution is -2.42. The largest absolute Gasteiger partial charge is 0.444 e. The summed E-state index contributed by atoms with van der Waals surface area (Å²) in [5.74, 6) is 0. The summed E-state index contributed by atoms with van der Waals surface area (Å²) in [6.07, 6.45) is -0.968. The fourth-order valence-corrected chi connectivity index (χ4v) is 1.23. The van der Waals surface area contributed by atoms with Crippen molar-refractivity contribution in [3.8, 4) is 0 Å². The number of carbonyl (C=O) groups is 1. The van der Waals surface area contributed by atoms with Crippen LogP contribution in [-0.2, 0) is 20.8 Å². The molecule has 6 nitrogen and oxygen atoms in total. The highest BCUT2D eigenvalue weighted by molar-refractivity contribution is 5.66. The number of ether oxygens (including phenoxy) is 3. The molecule has 0 saturated carbocycles. The van der Waals surface area contributed by atoms with Gasteiger partial charge >= 0.3 is 6.09 Å². The summed E-state index contributed by atoms with van der Waals surface area (Å²) in [6.45, 7) is 0.555. The van der Waals surface area contributed by atoms with Crippen molar-refractivity contribution in [2.75, 3.05) is 20.8 Å². The molecular weight excluding hydrogens is 236 g/mol. The van der Waals surface area contributed by atoms with E-state index in [1.54, 1.807) is 0 Å².